The lowest BCUT2D eigenvalue weighted by Gasteiger charge is -2.50. The van der Waals surface area contributed by atoms with Crippen LogP contribution >= 0.6 is 11.6 Å². The van der Waals surface area contributed by atoms with E-state index < -0.39 is 0 Å². The molecule has 120 valence electrons. The lowest BCUT2D eigenvalue weighted by atomic mass is 9.84. The first-order chi connectivity index (χ1) is 10.5. The number of hydrogen-bond donors (Lipinski definition) is 0. The summed E-state index contributed by atoms with van der Waals surface area (Å²) < 4.78 is 1.30. The van der Waals surface area contributed by atoms with Gasteiger partial charge in [-0.2, -0.15) is 4.68 Å². The Morgan fingerprint density at radius 1 is 1.32 bits per heavy atom. The quantitative estimate of drug-likeness (QED) is 0.838. The summed E-state index contributed by atoms with van der Waals surface area (Å²) in [5, 5.41) is 4.55. The summed E-state index contributed by atoms with van der Waals surface area (Å²) in [4.78, 5) is 21.5. The normalized spacial score (nSPS) is 28.6. The van der Waals surface area contributed by atoms with Crippen molar-refractivity contribution in [2.45, 2.75) is 57.0 Å². The van der Waals surface area contributed by atoms with Gasteiger partial charge in [-0.1, -0.05) is 0 Å². The number of hydrogen-bond acceptors (Lipinski definition) is 4. The third kappa shape index (κ3) is 2.15. The molecule has 4 rings (SSSR count). The number of rotatable bonds is 2. The summed E-state index contributed by atoms with van der Waals surface area (Å²) in [6, 6.07) is 0.412. The number of carbonyl (C=O) groups excluding carboxylic acids is 1. The maximum atomic E-state index is 12.8. The second-order valence-corrected chi connectivity index (χ2v) is 7.49. The average molecular weight is 324 g/mol. The van der Waals surface area contributed by atoms with E-state index in [0.717, 1.165) is 51.1 Å². The number of nitrogens with zero attached hydrogens (tertiary/aromatic N) is 5. The summed E-state index contributed by atoms with van der Waals surface area (Å²) in [5.41, 5.74) is -0.0175. The molecule has 7 heteroatoms. The molecule has 1 aliphatic carbocycles. The summed E-state index contributed by atoms with van der Waals surface area (Å²) in [6.45, 7) is 7.22. The van der Waals surface area contributed by atoms with Crippen LogP contribution in [0.4, 0.5) is 4.79 Å². The minimum absolute atomic E-state index is 0.0175. The predicted octanol–water partition coefficient (Wildman–Crippen LogP) is 2.34. The van der Waals surface area contributed by atoms with E-state index in [-0.39, 0.29) is 16.9 Å². The summed E-state index contributed by atoms with van der Waals surface area (Å²) in [7, 11) is 0. The van der Waals surface area contributed by atoms with Crippen molar-refractivity contribution in [2.24, 2.45) is 0 Å². The van der Waals surface area contributed by atoms with Crippen molar-refractivity contribution in [1.82, 2.24) is 24.6 Å². The molecule has 2 saturated heterocycles. The van der Waals surface area contributed by atoms with Crippen molar-refractivity contribution in [3.63, 3.8) is 0 Å². The van der Waals surface area contributed by atoms with Crippen LogP contribution in [0, 0.1) is 0 Å². The fraction of sp³-hybridized carbons (Fsp3) is 0.800. The standard InChI is InChI=1S/C15H22ClN5O/c1-10(2)19-7-5-15(9-19)6-8-20(15)14(22)21-13(16)17-12(18-21)11-3-4-11/h10-11H,3-9H2,1-2H3. The van der Waals surface area contributed by atoms with Gasteiger partial charge in [-0.05, 0) is 51.1 Å². The van der Waals surface area contributed by atoms with Gasteiger partial charge in [0.05, 0.1) is 5.54 Å². The number of amides is 1. The van der Waals surface area contributed by atoms with Crippen LogP contribution < -0.4 is 0 Å². The fourth-order valence-electron chi connectivity index (χ4n) is 3.65. The van der Waals surface area contributed by atoms with Crippen molar-refractivity contribution in [3.05, 3.63) is 11.1 Å². The molecule has 1 atom stereocenters. The molecule has 0 bridgehead atoms. The third-order valence-electron chi connectivity index (χ3n) is 5.40. The van der Waals surface area contributed by atoms with Crippen LogP contribution in [0.1, 0.15) is 51.3 Å². The molecule has 1 saturated carbocycles. The smallest absolute Gasteiger partial charge is 0.316 e. The lowest BCUT2D eigenvalue weighted by molar-refractivity contribution is 0.0275. The van der Waals surface area contributed by atoms with E-state index in [4.69, 9.17) is 11.6 Å². The SMILES string of the molecule is CC(C)N1CCC2(CCN2C(=O)n2nc(C3CC3)nc2Cl)C1. The minimum Gasteiger partial charge on any atom is -0.316 e. The van der Waals surface area contributed by atoms with Crippen LogP contribution in [0.2, 0.25) is 5.28 Å². The molecule has 22 heavy (non-hydrogen) atoms. The second kappa shape index (κ2) is 4.93. The molecular weight excluding hydrogens is 302 g/mol. The van der Waals surface area contributed by atoms with Gasteiger partial charge < -0.3 is 4.90 Å². The van der Waals surface area contributed by atoms with Crippen LogP contribution in [0.15, 0.2) is 0 Å². The van der Waals surface area contributed by atoms with E-state index in [2.05, 4.69) is 28.8 Å². The highest BCUT2D eigenvalue weighted by Crippen LogP contribution is 2.41. The number of halogens is 1. The molecule has 2 aliphatic heterocycles. The molecule has 3 heterocycles. The average Bonchev–Trinajstić information content (AvgIpc) is 3.06. The fourth-order valence-corrected chi connectivity index (χ4v) is 3.85. The monoisotopic (exact) mass is 323 g/mol. The van der Waals surface area contributed by atoms with Crippen LogP contribution in [0.5, 0.6) is 0 Å². The lowest BCUT2D eigenvalue weighted by Crippen LogP contribution is -2.64. The molecule has 1 aromatic rings. The highest BCUT2D eigenvalue weighted by atomic mass is 35.5. The number of carbonyl (C=O) groups is 1. The highest BCUT2D eigenvalue weighted by Gasteiger charge is 2.52. The van der Waals surface area contributed by atoms with Gasteiger partial charge in [-0.15, -0.1) is 5.10 Å². The zero-order valence-electron chi connectivity index (χ0n) is 13.1. The van der Waals surface area contributed by atoms with Crippen LogP contribution in [-0.2, 0) is 0 Å². The summed E-state index contributed by atoms with van der Waals surface area (Å²) >= 11 is 6.14. The molecule has 1 aromatic heterocycles. The molecule has 1 spiro atoms. The van der Waals surface area contributed by atoms with E-state index in [9.17, 15) is 4.79 Å². The Morgan fingerprint density at radius 2 is 2.05 bits per heavy atom. The van der Waals surface area contributed by atoms with E-state index in [1.807, 2.05) is 4.90 Å². The van der Waals surface area contributed by atoms with Gasteiger partial charge >= 0.3 is 6.03 Å². The van der Waals surface area contributed by atoms with Gasteiger partial charge in [0.2, 0.25) is 5.28 Å². The van der Waals surface area contributed by atoms with Crippen molar-refractivity contribution in [2.75, 3.05) is 19.6 Å². The Hall–Kier alpha value is -1.14. The van der Waals surface area contributed by atoms with Gasteiger partial charge in [0, 0.05) is 31.6 Å². The predicted molar refractivity (Wildman–Crippen MR) is 83.2 cm³/mol. The molecular formula is C15H22ClN5O. The van der Waals surface area contributed by atoms with Gasteiger partial charge in [-0.25, -0.2) is 9.78 Å². The van der Waals surface area contributed by atoms with E-state index >= 15 is 0 Å². The molecule has 0 radical (unpaired) electrons. The topological polar surface area (TPSA) is 54.3 Å². The van der Waals surface area contributed by atoms with Crippen molar-refractivity contribution < 1.29 is 4.79 Å². The first-order valence-electron chi connectivity index (χ1n) is 8.19. The van der Waals surface area contributed by atoms with Crippen LogP contribution in [0.3, 0.4) is 0 Å². The number of likely N-dealkylation sites (tertiary alicyclic amines) is 2. The van der Waals surface area contributed by atoms with E-state index in [0.29, 0.717) is 12.0 Å². The molecule has 6 nitrogen and oxygen atoms in total. The maximum Gasteiger partial charge on any atom is 0.347 e. The van der Waals surface area contributed by atoms with E-state index in [1.54, 1.807) is 0 Å². The summed E-state index contributed by atoms with van der Waals surface area (Å²) in [5.74, 6) is 1.13. The molecule has 3 fully saturated rings. The highest BCUT2D eigenvalue weighted by molar-refractivity contribution is 6.29. The molecule has 1 unspecified atom stereocenters. The Morgan fingerprint density at radius 3 is 2.59 bits per heavy atom. The molecule has 0 N–H and O–H groups in total. The number of aromatic nitrogens is 3. The Labute approximate surface area is 135 Å². The van der Waals surface area contributed by atoms with Crippen molar-refractivity contribution in [3.8, 4) is 0 Å². The molecule has 1 amide bonds. The molecule has 3 aliphatic rings. The van der Waals surface area contributed by atoms with Gasteiger partial charge in [-0.3, -0.25) is 4.90 Å². The van der Waals surface area contributed by atoms with Crippen LogP contribution in [-0.4, -0.2) is 61.8 Å². The van der Waals surface area contributed by atoms with Gasteiger partial charge in [0.15, 0.2) is 5.82 Å². The largest absolute Gasteiger partial charge is 0.347 e. The second-order valence-electron chi connectivity index (χ2n) is 7.15. The zero-order valence-corrected chi connectivity index (χ0v) is 13.9. The molecule has 0 aromatic carbocycles. The van der Waals surface area contributed by atoms with E-state index in [1.165, 1.54) is 4.68 Å². The Balaban J connectivity index is 1.53. The van der Waals surface area contributed by atoms with Crippen LogP contribution in [0.25, 0.3) is 0 Å². The zero-order chi connectivity index (χ0) is 15.5. The third-order valence-corrected chi connectivity index (χ3v) is 5.65. The van der Waals surface area contributed by atoms with Crippen molar-refractivity contribution in [1.29, 1.82) is 0 Å². The van der Waals surface area contributed by atoms with Crippen molar-refractivity contribution >= 4 is 17.6 Å². The van der Waals surface area contributed by atoms with Gasteiger partial charge in [0.25, 0.3) is 0 Å². The Bertz CT molecular complexity index is 611. The maximum absolute atomic E-state index is 12.8. The van der Waals surface area contributed by atoms with Gasteiger partial charge in [0.1, 0.15) is 0 Å². The Kier molecular flexibility index (Phi) is 3.24. The summed E-state index contributed by atoms with van der Waals surface area (Å²) in [6.07, 6.45) is 4.32. The first-order valence-corrected chi connectivity index (χ1v) is 8.56. The first kappa shape index (κ1) is 14.5. The minimum atomic E-state index is -0.110.